The van der Waals surface area contributed by atoms with Crippen LogP contribution in [0.4, 0.5) is 0 Å². The Hall–Kier alpha value is -3.67. The van der Waals surface area contributed by atoms with Crippen LogP contribution in [-0.4, -0.2) is 26.7 Å². The number of aryl methyl sites for hydroxylation is 1. The van der Waals surface area contributed by atoms with Crippen LogP contribution in [0.2, 0.25) is 0 Å². The minimum Gasteiger partial charge on any atom is -0.507 e. The van der Waals surface area contributed by atoms with Gasteiger partial charge in [-0.05, 0) is 30.7 Å². The van der Waals surface area contributed by atoms with Crippen LogP contribution in [0.1, 0.15) is 28.5 Å². The van der Waals surface area contributed by atoms with Gasteiger partial charge in [-0.3, -0.25) is 14.6 Å². The number of Topliss-reactive ketones (excluding diaryl/α,β-unsaturated/α-hetero) is 1. The first-order chi connectivity index (χ1) is 13.6. The number of carbonyl (C=O) groups excluding carboxylic acids is 2. The maximum absolute atomic E-state index is 12.8. The van der Waals surface area contributed by atoms with Crippen LogP contribution in [-0.2, 0) is 16.1 Å². The number of aromatic nitrogens is 1. The molecule has 140 valence electrons. The fourth-order valence-corrected chi connectivity index (χ4v) is 3.36. The molecule has 1 amide bonds. The number of amides is 1. The van der Waals surface area contributed by atoms with E-state index in [1.807, 2.05) is 19.1 Å². The molecular formula is C22H18N2O4. The predicted octanol–water partition coefficient (Wildman–Crippen LogP) is 3.60. The third kappa shape index (κ3) is 3.09. The van der Waals surface area contributed by atoms with Gasteiger partial charge >= 0.3 is 0 Å². The highest BCUT2D eigenvalue weighted by Crippen LogP contribution is 2.40. The zero-order valence-corrected chi connectivity index (χ0v) is 15.2. The van der Waals surface area contributed by atoms with Crippen LogP contribution in [0, 0.1) is 6.92 Å². The highest BCUT2D eigenvalue weighted by molar-refractivity contribution is 6.46. The van der Waals surface area contributed by atoms with Crippen molar-refractivity contribution in [1.82, 2.24) is 9.88 Å². The fourth-order valence-electron chi connectivity index (χ4n) is 3.36. The van der Waals surface area contributed by atoms with E-state index in [1.54, 1.807) is 48.8 Å². The molecule has 0 spiro atoms. The number of aliphatic hydroxyl groups is 1. The molecule has 6 nitrogen and oxygen atoms in total. The van der Waals surface area contributed by atoms with Gasteiger partial charge in [0.1, 0.15) is 11.5 Å². The van der Waals surface area contributed by atoms with Crippen molar-refractivity contribution in [1.29, 1.82) is 0 Å². The first-order valence-corrected chi connectivity index (χ1v) is 8.84. The highest BCUT2D eigenvalue weighted by atomic mass is 16.3. The number of furan rings is 1. The second kappa shape index (κ2) is 7.15. The average molecular weight is 374 g/mol. The third-order valence-electron chi connectivity index (χ3n) is 4.77. The Balaban J connectivity index is 1.85. The van der Waals surface area contributed by atoms with Crippen molar-refractivity contribution in [3.05, 3.63) is 95.2 Å². The molecular weight excluding hydrogens is 356 g/mol. The highest BCUT2D eigenvalue weighted by Gasteiger charge is 2.46. The van der Waals surface area contributed by atoms with Gasteiger partial charge in [-0.2, -0.15) is 0 Å². The molecule has 4 rings (SSSR count). The summed E-state index contributed by atoms with van der Waals surface area (Å²) in [5.41, 5.74) is 2.20. The molecule has 1 N–H and O–H groups in total. The van der Waals surface area contributed by atoms with Crippen LogP contribution in [0.15, 0.2) is 77.2 Å². The zero-order chi connectivity index (χ0) is 19.7. The van der Waals surface area contributed by atoms with Gasteiger partial charge in [0.2, 0.25) is 0 Å². The molecule has 2 aromatic heterocycles. The summed E-state index contributed by atoms with van der Waals surface area (Å²) >= 11 is 0. The second-order valence-corrected chi connectivity index (χ2v) is 6.66. The largest absolute Gasteiger partial charge is 0.507 e. The van der Waals surface area contributed by atoms with Crippen LogP contribution in [0.3, 0.4) is 0 Å². The SMILES string of the molecule is Cc1ccc(C(O)=C2C(=O)C(=O)N(Cc3ccco3)[C@@H]2c2cccnc2)cc1. The fraction of sp³-hybridized carbons (Fsp3) is 0.136. The van der Waals surface area contributed by atoms with Crippen molar-refractivity contribution in [2.24, 2.45) is 0 Å². The quantitative estimate of drug-likeness (QED) is 0.428. The monoisotopic (exact) mass is 374 g/mol. The van der Waals surface area contributed by atoms with Crippen molar-refractivity contribution >= 4 is 17.4 Å². The summed E-state index contributed by atoms with van der Waals surface area (Å²) < 4.78 is 5.36. The molecule has 1 fully saturated rings. The molecule has 0 aliphatic carbocycles. The minimum absolute atomic E-state index is 0.0495. The molecule has 1 aliphatic heterocycles. The summed E-state index contributed by atoms with van der Waals surface area (Å²) in [4.78, 5) is 31.1. The van der Waals surface area contributed by atoms with E-state index in [4.69, 9.17) is 4.42 Å². The van der Waals surface area contributed by atoms with Crippen LogP contribution >= 0.6 is 0 Å². The summed E-state index contributed by atoms with van der Waals surface area (Å²) in [7, 11) is 0. The number of rotatable bonds is 4. The van der Waals surface area contributed by atoms with E-state index in [0.29, 0.717) is 16.9 Å². The van der Waals surface area contributed by atoms with Gasteiger partial charge in [-0.1, -0.05) is 35.9 Å². The molecule has 0 saturated carbocycles. The molecule has 0 radical (unpaired) electrons. The van der Waals surface area contributed by atoms with E-state index in [-0.39, 0.29) is 17.9 Å². The van der Waals surface area contributed by atoms with Crippen molar-refractivity contribution in [2.75, 3.05) is 0 Å². The minimum atomic E-state index is -0.750. The van der Waals surface area contributed by atoms with Crippen LogP contribution in [0.25, 0.3) is 5.76 Å². The number of aliphatic hydroxyl groups excluding tert-OH is 1. The second-order valence-electron chi connectivity index (χ2n) is 6.66. The Labute approximate surface area is 161 Å². The Kier molecular flexibility index (Phi) is 4.53. The van der Waals surface area contributed by atoms with Gasteiger partial charge in [0.25, 0.3) is 11.7 Å². The predicted molar refractivity (Wildman–Crippen MR) is 102 cm³/mol. The number of ketones is 1. The molecule has 0 bridgehead atoms. The van der Waals surface area contributed by atoms with Gasteiger partial charge in [0.15, 0.2) is 0 Å². The van der Waals surface area contributed by atoms with E-state index >= 15 is 0 Å². The molecule has 1 saturated heterocycles. The van der Waals surface area contributed by atoms with Crippen molar-refractivity contribution in [3.63, 3.8) is 0 Å². The molecule has 1 atom stereocenters. The van der Waals surface area contributed by atoms with Crippen LogP contribution < -0.4 is 0 Å². The molecule has 28 heavy (non-hydrogen) atoms. The van der Waals surface area contributed by atoms with Crippen molar-refractivity contribution in [3.8, 4) is 0 Å². The molecule has 3 heterocycles. The summed E-state index contributed by atoms with van der Waals surface area (Å²) in [5, 5.41) is 10.9. The third-order valence-corrected chi connectivity index (χ3v) is 4.77. The number of nitrogens with zero attached hydrogens (tertiary/aromatic N) is 2. The lowest BCUT2D eigenvalue weighted by Crippen LogP contribution is -2.29. The Morgan fingerprint density at radius 3 is 2.57 bits per heavy atom. The number of hydrogen-bond donors (Lipinski definition) is 1. The van der Waals surface area contributed by atoms with Gasteiger partial charge in [-0.25, -0.2) is 0 Å². The molecule has 1 aromatic carbocycles. The summed E-state index contributed by atoms with van der Waals surface area (Å²) in [5.74, 6) is -1.06. The van der Waals surface area contributed by atoms with E-state index in [9.17, 15) is 14.7 Å². The van der Waals surface area contributed by atoms with E-state index < -0.39 is 17.7 Å². The van der Waals surface area contributed by atoms with Gasteiger partial charge in [-0.15, -0.1) is 0 Å². The Bertz CT molecular complexity index is 1040. The molecule has 1 aliphatic rings. The lowest BCUT2D eigenvalue weighted by atomic mass is 9.96. The Morgan fingerprint density at radius 1 is 1.14 bits per heavy atom. The lowest BCUT2D eigenvalue weighted by Gasteiger charge is -2.24. The topological polar surface area (TPSA) is 83.6 Å². The van der Waals surface area contributed by atoms with E-state index in [1.165, 1.54) is 11.2 Å². The van der Waals surface area contributed by atoms with E-state index in [2.05, 4.69) is 4.98 Å². The number of carbonyl (C=O) groups is 2. The smallest absolute Gasteiger partial charge is 0.296 e. The summed E-state index contributed by atoms with van der Waals surface area (Å²) in [6, 6.07) is 13.3. The number of hydrogen-bond acceptors (Lipinski definition) is 5. The number of likely N-dealkylation sites (tertiary alicyclic amines) is 1. The van der Waals surface area contributed by atoms with E-state index in [0.717, 1.165) is 5.56 Å². The van der Waals surface area contributed by atoms with Crippen molar-refractivity contribution in [2.45, 2.75) is 19.5 Å². The van der Waals surface area contributed by atoms with Gasteiger partial charge in [0.05, 0.1) is 24.4 Å². The standard InChI is InChI=1S/C22H18N2O4/c1-14-6-8-15(9-7-14)20(25)18-19(16-4-2-10-23-12-16)24(22(27)21(18)26)13-17-5-3-11-28-17/h2-12,19,25H,13H2,1H3/t19-/m1/s1. The lowest BCUT2D eigenvalue weighted by molar-refractivity contribution is -0.140. The normalized spacial score (nSPS) is 18.6. The first-order valence-electron chi connectivity index (χ1n) is 8.84. The maximum atomic E-state index is 12.8. The van der Waals surface area contributed by atoms with Gasteiger partial charge < -0.3 is 14.4 Å². The molecule has 6 heteroatoms. The first kappa shape index (κ1) is 17.7. The van der Waals surface area contributed by atoms with Crippen molar-refractivity contribution < 1.29 is 19.1 Å². The number of benzene rings is 1. The summed E-state index contributed by atoms with van der Waals surface area (Å²) in [6.45, 7) is 2.05. The average Bonchev–Trinajstić information content (AvgIpc) is 3.31. The van der Waals surface area contributed by atoms with Gasteiger partial charge in [0, 0.05) is 18.0 Å². The van der Waals surface area contributed by atoms with Crippen LogP contribution in [0.5, 0.6) is 0 Å². The maximum Gasteiger partial charge on any atom is 0.296 e. The molecule has 0 unspecified atom stereocenters. The molecule has 3 aromatic rings. The zero-order valence-electron chi connectivity index (χ0n) is 15.2. The summed E-state index contributed by atoms with van der Waals surface area (Å²) in [6.07, 6.45) is 4.72. The number of pyridine rings is 1. The Morgan fingerprint density at radius 2 is 1.93 bits per heavy atom.